The van der Waals surface area contributed by atoms with Gasteiger partial charge in [0.2, 0.25) is 0 Å². The third-order valence-corrected chi connectivity index (χ3v) is 7.09. The van der Waals surface area contributed by atoms with E-state index in [9.17, 15) is 9.90 Å². The molecule has 8 heteroatoms. The molecule has 0 spiro atoms. The molecule has 2 N–H and O–H groups in total. The Bertz CT molecular complexity index is 1150. The summed E-state index contributed by atoms with van der Waals surface area (Å²) in [6.45, 7) is 7.53. The van der Waals surface area contributed by atoms with Gasteiger partial charge in [0.25, 0.3) is 5.56 Å². The molecule has 2 heterocycles. The lowest BCUT2D eigenvalue weighted by Gasteiger charge is -2.32. The Morgan fingerprint density at radius 2 is 2.00 bits per heavy atom. The van der Waals surface area contributed by atoms with E-state index in [1.165, 1.54) is 24.8 Å². The number of nitrogens with one attached hydrogen (secondary N) is 1. The zero-order chi connectivity index (χ0) is 24.1. The van der Waals surface area contributed by atoms with Crippen LogP contribution in [0.3, 0.4) is 0 Å². The van der Waals surface area contributed by atoms with Gasteiger partial charge < -0.3 is 10.1 Å². The second-order valence-electron chi connectivity index (χ2n) is 9.80. The predicted octanol–water partition coefficient (Wildman–Crippen LogP) is 4.36. The van der Waals surface area contributed by atoms with Crippen molar-refractivity contribution in [1.82, 2.24) is 30.1 Å². The average Bonchev–Trinajstić information content (AvgIpc) is 3.31. The number of nitrogens with zero attached hydrogens (tertiary/aromatic N) is 5. The number of aryl methyl sites for hydroxylation is 2. The van der Waals surface area contributed by atoms with Gasteiger partial charge in [0.1, 0.15) is 0 Å². The number of benzene rings is 1. The highest BCUT2D eigenvalue weighted by Crippen LogP contribution is 2.32. The Morgan fingerprint density at radius 3 is 2.74 bits per heavy atom. The highest BCUT2D eigenvalue weighted by atomic mass is 16.3. The fourth-order valence-electron chi connectivity index (χ4n) is 5.44. The van der Waals surface area contributed by atoms with Crippen molar-refractivity contribution >= 4 is 10.9 Å². The number of hydrogen-bond acceptors (Lipinski definition) is 6. The molecule has 0 saturated heterocycles. The molecule has 184 valence electrons. The van der Waals surface area contributed by atoms with Crippen LogP contribution in [0.1, 0.15) is 92.9 Å². The van der Waals surface area contributed by atoms with Gasteiger partial charge in [0, 0.05) is 25.3 Å². The van der Waals surface area contributed by atoms with Crippen molar-refractivity contribution in [1.29, 1.82) is 0 Å². The number of aliphatic hydroxyl groups is 1. The number of pyridine rings is 1. The first-order chi connectivity index (χ1) is 16.5. The predicted molar refractivity (Wildman–Crippen MR) is 134 cm³/mol. The first-order valence-corrected chi connectivity index (χ1v) is 12.8. The van der Waals surface area contributed by atoms with Crippen molar-refractivity contribution in [3.8, 4) is 0 Å². The molecular formula is C26H38N6O2. The number of H-pyrrole nitrogens is 1. The second-order valence-corrected chi connectivity index (χ2v) is 9.80. The van der Waals surface area contributed by atoms with Crippen LogP contribution in [-0.4, -0.2) is 48.3 Å². The average molecular weight is 467 g/mol. The molecule has 1 atom stereocenters. The van der Waals surface area contributed by atoms with Crippen molar-refractivity contribution in [3.63, 3.8) is 0 Å². The van der Waals surface area contributed by atoms with Crippen molar-refractivity contribution < 1.29 is 5.11 Å². The minimum Gasteiger partial charge on any atom is -0.396 e. The highest BCUT2D eigenvalue weighted by molar-refractivity contribution is 5.82. The number of fused-ring (bicyclic) bond motifs is 1. The van der Waals surface area contributed by atoms with Crippen molar-refractivity contribution in [2.45, 2.75) is 90.8 Å². The summed E-state index contributed by atoms with van der Waals surface area (Å²) in [6, 6.07) is 6.56. The van der Waals surface area contributed by atoms with Crippen LogP contribution in [-0.2, 0) is 6.54 Å². The third kappa shape index (κ3) is 5.39. The quantitative estimate of drug-likeness (QED) is 0.460. The smallest absolute Gasteiger partial charge is 0.252 e. The Balaban J connectivity index is 1.70. The first kappa shape index (κ1) is 24.5. The number of rotatable bonds is 10. The van der Waals surface area contributed by atoms with Crippen molar-refractivity contribution in [2.24, 2.45) is 0 Å². The highest BCUT2D eigenvalue weighted by Gasteiger charge is 2.29. The summed E-state index contributed by atoms with van der Waals surface area (Å²) in [5.41, 5.74) is 3.82. The number of aromatic amines is 1. The number of hydrogen-bond donors (Lipinski definition) is 2. The van der Waals surface area contributed by atoms with Gasteiger partial charge in [-0.2, -0.15) is 0 Å². The van der Waals surface area contributed by atoms with Crippen LogP contribution in [0.2, 0.25) is 0 Å². The fraction of sp³-hybridized carbons (Fsp3) is 0.615. The standard InChI is InChI=1S/C26H38N6O2/c1-4-9-23(25-28-29-30-32(25)22-10-6-5-7-11-22)31(12-8-13-33)17-21-16-20-15-18(2)14-19(3)24(20)27-26(21)34/h14-16,22-23,33H,4-13,17H2,1-3H3,(H,27,34)/t23-/m0/s1. The Kier molecular flexibility index (Phi) is 8.11. The minimum absolute atomic E-state index is 0.0113. The molecule has 1 fully saturated rings. The maximum atomic E-state index is 13.1. The molecule has 0 amide bonds. The van der Waals surface area contributed by atoms with Crippen LogP contribution < -0.4 is 5.56 Å². The summed E-state index contributed by atoms with van der Waals surface area (Å²) in [6.07, 6.45) is 8.41. The van der Waals surface area contributed by atoms with E-state index in [0.717, 1.165) is 53.5 Å². The maximum Gasteiger partial charge on any atom is 0.252 e. The number of aromatic nitrogens is 5. The summed E-state index contributed by atoms with van der Waals surface area (Å²) in [7, 11) is 0. The van der Waals surface area contributed by atoms with Gasteiger partial charge in [0.05, 0.1) is 17.6 Å². The monoisotopic (exact) mass is 466 g/mol. The minimum atomic E-state index is -0.0597. The summed E-state index contributed by atoms with van der Waals surface area (Å²) < 4.78 is 2.04. The van der Waals surface area contributed by atoms with E-state index < -0.39 is 0 Å². The van der Waals surface area contributed by atoms with Crippen LogP contribution in [0, 0.1) is 13.8 Å². The molecule has 34 heavy (non-hydrogen) atoms. The Hall–Kier alpha value is -2.58. The summed E-state index contributed by atoms with van der Waals surface area (Å²) in [5.74, 6) is 0.885. The topological polar surface area (TPSA) is 99.9 Å². The zero-order valence-electron chi connectivity index (χ0n) is 20.8. The molecule has 4 rings (SSSR count). The lowest BCUT2D eigenvalue weighted by Crippen LogP contribution is -2.34. The molecule has 2 aromatic heterocycles. The van der Waals surface area contributed by atoms with Crippen molar-refractivity contribution in [3.05, 3.63) is 51.1 Å². The normalized spacial score (nSPS) is 15.9. The second kappa shape index (κ2) is 11.2. The lowest BCUT2D eigenvalue weighted by atomic mass is 9.95. The van der Waals surface area contributed by atoms with E-state index in [0.29, 0.717) is 25.6 Å². The van der Waals surface area contributed by atoms with Crippen molar-refractivity contribution in [2.75, 3.05) is 13.2 Å². The van der Waals surface area contributed by atoms with Gasteiger partial charge in [0.15, 0.2) is 5.82 Å². The van der Waals surface area contributed by atoms with E-state index in [-0.39, 0.29) is 18.2 Å². The van der Waals surface area contributed by atoms with E-state index >= 15 is 0 Å². The van der Waals surface area contributed by atoms with Crippen LogP contribution in [0.5, 0.6) is 0 Å². The molecule has 0 aliphatic heterocycles. The largest absolute Gasteiger partial charge is 0.396 e. The lowest BCUT2D eigenvalue weighted by molar-refractivity contribution is 0.143. The van der Waals surface area contributed by atoms with E-state index in [2.05, 4.69) is 51.4 Å². The first-order valence-electron chi connectivity index (χ1n) is 12.8. The van der Waals surface area contributed by atoms with Gasteiger partial charge in [-0.3, -0.25) is 9.69 Å². The molecule has 1 aliphatic carbocycles. The summed E-state index contributed by atoms with van der Waals surface area (Å²) >= 11 is 0. The van der Waals surface area contributed by atoms with Gasteiger partial charge >= 0.3 is 0 Å². The van der Waals surface area contributed by atoms with Gasteiger partial charge in [-0.15, -0.1) is 5.10 Å². The van der Waals surface area contributed by atoms with Gasteiger partial charge in [-0.1, -0.05) is 44.2 Å². The Labute approximate surface area is 201 Å². The molecule has 8 nitrogen and oxygen atoms in total. The van der Waals surface area contributed by atoms with Crippen LogP contribution in [0.4, 0.5) is 0 Å². The van der Waals surface area contributed by atoms with Gasteiger partial charge in [-0.05, 0) is 73.0 Å². The zero-order valence-corrected chi connectivity index (χ0v) is 20.8. The molecule has 0 radical (unpaired) electrons. The molecule has 1 aromatic carbocycles. The Morgan fingerprint density at radius 1 is 1.21 bits per heavy atom. The molecule has 0 bridgehead atoms. The summed E-state index contributed by atoms with van der Waals surface area (Å²) in [5, 5.41) is 23.6. The van der Waals surface area contributed by atoms with E-state index in [4.69, 9.17) is 0 Å². The van der Waals surface area contributed by atoms with E-state index in [1.54, 1.807) is 0 Å². The maximum absolute atomic E-state index is 13.1. The SMILES string of the molecule is CCC[C@@H](c1nnnn1C1CCCCC1)N(CCCO)Cc1cc2cc(C)cc(C)c2[nH]c1=O. The molecular weight excluding hydrogens is 428 g/mol. The fourth-order valence-corrected chi connectivity index (χ4v) is 5.44. The van der Waals surface area contributed by atoms with Crippen LogP contribution >= 0.6 is 0 Å². The molecule has 3 aromatic rings. The third-order valence-electron chi connectivity index (χ3n) is 7.09. The molecule has 0 unspecified atom stereocenters. The number of aliphatic hydroxyl groups excluding tert-OH is 1. The van der Waals surface area contributed by atoms with Crippen LogP contribution in [0.25, 0.3) is 10.9 Å². The number of tetrazole rings is 1. The van der Waals surface area contributed by atoms with Gasteiger partial charge in [-0.25, -0.2) is 4.68 Å². The molecule has 1 saturated carbocycles. The molecule has 1 aliphatic rings. The van der Waals surface area contributed by atoms with E-state index in [1.807, 2.05) is 17.7 Å². The van der Waals surface area contributed by atoms with Crippen LogP contribution in [0.15, 0.2) is 23.0 Å². The summed E-state index contributed by atoms with van der Waals surface area (Å²) in [4.78, 5) is 18.5.